The number of pyridine rings is 1. The summed E-state index contributed by atoms with van der Waals surface area (Å²) in [6, 6.07) is 3.95. The monoisotopic (exact) mass is 260 g/mol. The molecule has 0 aromatic carbocycles. The van der Waals surface area contributed by atoms with E-state index in [1.165, 1.54) is 0 Å². The van der Waals surface area contributed by atoms with Crippen molar-refractivity contribution < 1.29 is 4.74 Å². The van der Waals surface area contributed by atoms with Crippen molar-refractivity contribution in [1.29, 1.82) is 0 Å². The summed E-state index contributed by atoms with van der Waals surface area (Å²) in [5, 5.41) is 3.24. The van der Waals surface area contributed by atoms with E-state index in [0.717, 1.165) is 36.9 Å². The third-order valence-electron chi connectivity index (χ3n) is 2.88. The lowest BCUT2D eigenvalue weighted by Crippen LogP contribution is -2.13. The molecule has 0 fully saturated rings. The normalized spacial score (nSPS) is 10.6. The minimum Gasteiger partial charge on any atom is -0.490 e. The third kappa shape index (κ3) is 4.06. The van der Waals surface area contributed by atoms with Crippen LogP contribution in [0.15, 0.2) is 30.7 Å². The molecule has 5 nitrogen and oxygen atoms in total. The molecule has 0 amide bonds. The highest BCUT2D eigenvalue weighted by Crippen LogP contribution is 2.09. The van der Waals surface area contributed by atoms with Crippen molar-refractivity contribution in [1.82, 2.24) is 19.9 Å². The maximum atomic E-state index is 5.66. The molecule has 2 aromatic rings. The summed E-state index contributed by atoms with van der Waals surface area (Å²) in [6.07, 6.45) is 5.52. The molecule has 0 aliphatic rings. The molecular weight excluding hydrogens is 240 g/mol. The molecule has 0 aliphatic carbocycles. The van der Waals surface area contributed by atoms with Crippen LogP contribution in [0.4, 0.5) is 0 Å². The molecule has 0 spiro atoms. The Bertz CT molecular complexity index is 492. The number of hydrogen-bond donors (Lipinski definition) is 1. The summed E-state index contributed by atoms with van der Waals surface area (Å²) in [4.78, 5) is 8.51. The van der Waals surface area contributed by atoms with Gasteiger partial charge in [0.25, 0.3) is 0 Å². The Balaban J connectivity index is 1.78. The molecule has 1 N–H and O–H groups in total. The van der Waals surface area contributed by atoms with Crippen LogP contribution in [0.25, 0.3) is 0 Å². The van der Waals surface area contributed by atoms with Gasteiger partial charge in [0, 0.05) is 18.9 Å². The largest absolute Gasteiger partial charge is 0.490 e. The molecule has 0 bridgehead atoms. The van der Waals surface area contributed by atoms with Crippen LogP contribution in [-0.2, 0) is 13.1 Å². The number of aromatic nitrogens is 3. The highest BCUT2D eigenvalue weighted by atomic mass is 16.5. The van der Waals surface area contributed by atoms with Crippen LogP contribution in [0.2, 0.25) is 0 Å². The van der Waals surface area contributed by atoms with Crippen LogP contribution < -0.4 is 10.1 Å². The number of ether oxygens (including phenoxy) is 1. The smallest absolute Gasteiger partial charge is 0.137 e. The summed E-state index contributed by atoms with van der Waals surface area (Å²) in [6.45, 7) is 7.22. The lowest BCUT2D eigenvalue weighted by atomic mass is 10.3. The van der Waals surface area contributed by atoms with Gasteiger partial charge >= 0.3 is 0 Å². The molecule has 0 saturated heterocycles. The van der Waals surface area contributed by atoms with Gasteiger partial charge in [0.1, 0.15) is 18.2 Å². The van der Waals surface area contributed by atoms with Crippen molar-refractivity contribution in [2.75, 3.05) is 13.2 Å². The first-order valence-electron chi connectivity index (χ1n) is 6.55. The molecule has 102 valence electrons. The van der Waals surface area contributed by atoms with Crippen LogP contribution in [0.1, 0.15) is 18.4 Å². The van der Waals surface area contributed by atoms with Gasteiger partial charge in [-0.05, 0) is 25.6 Å². The van der Waals surface area contributed by atoms with Gasteiger partial charge in [-0.3, -0.25) is 4.98 Å². The van der Waals surface area contributed by atoms with Gasteiger partial charge in [0.2, 0.25) is 0 Å². The second kappa shape index (κ2) is 6.89. The van der Waals surface area contributed by atoms with Gasteiger partial charge in [-0.15, -0.1) is 0 Å². The number of imidazole rings is 1. The average molecular weight is 260 g/mol. The molecule has 0 radical (unpaired) electrons. The first kappa shape index (κ1) is 13.5. The van der Waals surface area contributed by atoms with Crippen LogP contribution in [0.3, 0.4) is 0 Å². The summed E-state index contributed by atoms with van der Waals surface area (Å²) in [5.41, 5.74) is 1.03. The van der Waals surface area contributed by atoms with Crippen molar-refractivity contribution >= 4 is 0 Å². The van der Waals surface area contributed by atoms with Gasteiger partial charge in [-0.25, -0.2) is 4.98 Å². The lowest BCUT2D eigenvalue weighted by Gasteiger charge is -2.08. The van der Waals surface area contributed by atoms with Crippen LogP contribution in [-0.4, -0.2) is 27.7 Å². The lowest BCUT2D eigenvalue weighted by molar-refractivity contribution is 0.295. The second-order valence-electron chi connectivity index (χ2n) is 4.28. The van der Waals surface area contributed by atoms with E-state index in [2.05, 4.69) is 26.8 Å². The van der Waals surface area contributed by atoms with Crippen molar-refractivity contribution in [3.05, 3.63) is 42.2 Å². The maximum absolute atomic E-state index is 5.66. The third-order valence-corrected chi connectivity index (χ3v) is 2.88. The summed E-state index contributed by atoms with van der Waals surface area (Å²) in [7, 11) is 0. The fraction of sp³-hybridized carbons (Fsp3) is 0.429. The van der Waals surface area contributed by atoms with E-state index in [1.807, 2.05) is 25.3 Å². The molecular formula is C14H20N4O. The van der Waals surface area contributed by atoms with Crippen LogP contribution >= 0.6 is 0 Å². The van der Waals surface area contributed by atoms with Gasteiger partial charge < -0.3 is 14.6 Å². The number of nitrogens with zero attached hydrogens (tertiary/aromatic N) is 3. The minimum absolute atomic E-state index is 0.617. The van der Waals surface area contributed by atoms with Gasteiger partial charge in [0.05, 0.1) is 18.4 Å². The Hall–Kier alpha value is -1.88. The number of hydrogen-bond acceptors (Lipinski definition) is 4. The van der Waals surface area contributed by atoms with E-state index in [1.54, 1.807) is 12.4 Å². The molecule has 0 aliphatic heterocycles. The van der Waals surface area contributed by atoms with Crippen molar-refractivity contribution in [2.45, 2.75) is 26.9 Å². The molecule has 0 atom stereocenters. The standard InChI is InChI=1S/C14H20N4O/c1-3-15-10-13-4-5-14(11-17-13)19-9-8-18-7-6-16-12(18)2/h4-7,11,15H,3,8-10H2,1-2H3. The quantitative estimate of drug-likeness (QED) is 0.824. The Morgan fingerprint density at radius 1 is 1.32 bits per heavy atom. The first-order chi connectivity index (χ1) is 9.29. The fourth-order valence-corrected chi connectivity index (χ4v) is 1.76. The zero-order chi connectivity index (χ0) is 13.5. The predicted octanol–water partition coefficient (Wildman–Crippen LogP) is 1.78. The first-order valence-corrected chi connectivity index (χ1v) is 6.55. The van der Waals surface area contributed by atoms with Gasteiger partial charge in [-0.1, -0.05) is 6.92 Å². The van der Waals surface area contributed by atoms with Crippen molar-refractivity contribution in [3.8, 4) is 5.75 Å². The van der Waals surface area contributed by atoms with E-state index < -0.39 is 0 Å². The summed E-state index contributed by atoms with van der Waals surface area (Å²) < 4.78 is 7.72. The van der Waals surface area contributed by atoms with Gasteiger partial charge in [-0.2, -0.15) is 0 Å². The van der Waals surface area contributed by atoms with Crippen molar-refractivity contribution in [2.24, 2.45) is 0 Å². The molecule has 19 heavy (non-hydrogen) atoms. The molecule has 0 saturated carbocycles. The average Bonchev–Trinajstić information content (AvgIpc) is 2.84. The predicted molar refractivity (Wildman–Crippen MR) is 74.1 cm³/mol. The molecule has 5 heteroatoms. The Labute approximate surface area is 113 Å². The van der Waals surface area contributed by atoms with E-state index in [-0.39, 0.29) is 0 Å². The highest BCUT2D eigenvalue weighted by Gasteiger charge is 1.99. The minimum atomic E-state index is 0.617. The Morgan fingerprint density at radius 2 is 2.21 bits per heavy atom. The topological polar surface area (TPSA) is 52.0 Å². The zero-order valence-corrected chi connectivity index (χ0v) is 11.5. The van der Waals surface area contributed by atoms with E-state index in [4.69, 9.17) is 4.74 Å². The van der Waals surface area contributed by atoms with Crippen LogP contribution in [0, 0.1) is 6.92 Å². The molecule has 2 aromatic heterocycles. The van der Waals surface area contributed by atoms with Crippen molar-refractivity contribution in [3.63, 3.8) is 0 Å². The fourth-order valence-electron chi connectivity index (χ4n) is 1.76. The SMILES string of the molecule is CCNCc1ccc(OCCn2ccnc2C)cn1. The molecule has 0 unspecified atom stereocenters. The second-order valence-corrected chi connectivity index (χ2v) is 4.28. The van der Waals surface area contributed by atoms with Gasteiger partial charge in [0.15, 0.2) is 0 Å². The summed E-state index contributed by atoms with van der Waals surface area (Å²) >= 11 is 0. The summed E-state index contributed by atoms with van der Waals surface area (Å²) in [5.74, 6) is 1.81. The Morgan fingerprint density at radius 3 is 2.84 bits per heavy atom. The number of rotatable bonds is 7. The van der Waals surface area contributed by atoms with E-state index in [0.29, 0.717) is 6.61 Å². The van der Waals surface area contributed by atoms with E-state index >= 15 is 0 Å². The molecule has 2 rings (SSSR count). The van der Waals surface area contributed by atoms with E-state index in [9.17, 15) is 0 Å². The number of nitrogens with one attached hydrogen (secondary N) is 1. The zero-order valence-electron chi connectivity index (χ0n) is 11.5. The van der Waals surface area contributed by atoms with Crippen LogP contribution in [0.5, 0.6) is 5.75 Å². The maximum Gasteiger partial charge on any atom is 0.137 e. The number of aryl methyl sites for hydroxylation is 1. The molecule has 2 heterocycles. The Kier molecular flexibility index (Phi) is 4.92. The highest BCUT2D eigenvalue weighted by molar-refractivity contribution is 5.19.